The number of rotatable bonds is 5. The van der Waals surface area contributed by atoms with Gasteiger partial charge in [-0.2, -0.15) is 0 Å². The van der Waals surface area contributed by atoms with Gasteiger partial charge in [0, 0.05) is 17.1 Å². The maximum Gasteiger partial charge on any atom is 0.307 e. The maximum atomic E-state index is 11.6. The maximum absolute atomic E-state index is 11.6. The molecule has 1 heterocycles. The first-order chi connectivity index (χ1) is 12.9. The van der Waals surface area contributed by atoms with Crippen LogP contribution in [0.4, 0.5) is 0 Å². The lowest BCUT2D eigenvalue weighted by Crippen LogP contribution is -2.41. The average molecular weight is 388 g/mol. The summed E-state index contributed by atoms with van der Waals surface area (Å²) in [7, 11) is 1.66. The molecule has 0 aromatic heterocycles. The van der Waals surface area contributed by atoms with Crippen molar-refractivity contribution in [3.8, 4) is 5.75 Å². The van der Waals surface area contributed by atoms with Gasteiger partial charge in [-0.05, 0) is 62.6 Å². The lowest BCUT2D eigenvalue weighted by molar-refractivity contribution is -0.143. The lowest BCUT2D eigenvalue weighted by atomic mass is 9.88. The number of halogens is 1. The molecule has 0 saturated carbocycles. The molecule has 1 saturated heterocycles. The molecular weight excluding hydrogens is 362 g/mol. The Balaban J connectivity index is 2.14. The number of aliphatic carboxylic acids is 1. The normalized spacial score (nSPS) is 18.9. The van der Waals surface area contributed by atoms with Gasteiger partial charge in [0.2, 0.25) is 0 Å². The van der Waals surface area contributed by atoms with E-state index in [1.165, 1.54) is 16.7 Å². The smallest absolute Gasteiger partial charge is 0.307 e. The van der Waals surface area contributed by atoms with Crippen LogP contribution >= 0.6 is 11.6 Å². The molecule has 3 rings (SSSR count). The van der Waals surface area contributed by atoms with Crippen molar-refractivity contribution in [2.45, 2.75) is 32.7 Å². The zero-order chi connectivity index (χ0) is 19.6. The first-order valence-corrected chi connectivity index (χ1v) is 9.66. The predicted molar refractivity (Wildman–Crippen MR) is 108 cm³/mol. The SMILES string of the molecule is COc1ccc(Cl)cc1C(c1cc(C)ccc1C)N1CCCC(C(=O)O)C1. The zero-order valence-electron chi connectivity index (χ0n) is 16.0. The third-order valence-electron chi connectivity index (χ3n) is 5.38. The zero-order valence-corrected chi connectivity index (χ0v) is 16.8. The van der Waals surface area contributed by atoms with Crippen molar-refractivity contribution in [1.82, 2.24) is 4.90 Å². The summed E-state index contributed by atoms with van der Waals surface area (Å²) in [6.45, 7) is 5.53. The summed E-state index contributed by atoms with van der Waals surface area (Å²) >= 11 is 6.33. The third kappa shape index (κ3) is 4.28. The highest BCUT2D eigenvalue weighted by atomic mass is 35.5. The fraction of sp³-hybridized carbons (Fsp3) is 0.409. The molecule has 0 radical (unpaired) electrons. The predicted octanol–water partition coefficient (Wildman–Crippen LogP) is 4.85. The molecule has 0 amide bonds. The molecule has 5 heteroatoms. The van der Waals surface area contributed by atoms with Crippen LogP contribution in [0.5, 0.6) is 5.75 Å². The highest BCUT2D eigenvalue weighted by molar-refractivity contribution is 6.30. The fourth-order valence-electron chi connectivity index (χ4n) is 3.98. The second-order valence-corrected chi connectivity index (χ2v) is 7.76. The number of carbonyl (C=O) groups is 1. The number of likely N-dealkylation sites (tertiary alicyclic amines) is 1. The van der Waals surface area contributed by atoms with Crippen molar-refractivity contribution >= 4 is 17.6 Å². The average Bonchev–Trinajstić information content (AvgIpc) is 2.65. The molecule has 0 aliphatic carbocycles. The second-order valence-electron chi connectivity index (χ2n) is 7.32. The van der Waals surface area contributed by atoms with E-state index in [9.17, 15) is 9.90 Å². The van der Waals surface area contributed by atoms with Gasteiger partial charge in [0.05, 0.1) is 19.1 Å². The van der Waals surface area contributed by atoms with Crippen molar-refractivity contribution < 1.29 is 14.6 Å². The number of piperidine rings is 1. The fourth-order valence-corrected chi connectivity index (χ4v) is 4.16. The van der Waals surface area contributed by atoms with Crippen LogP contribution in [0.25, 0.3) is 0 Å². The van der Waals surface area contributed by atoms with Crippen LogP contribution < -0.4 is 4.74 Å². The van der Waals surface area contributed by atoms with Crippen LogP contribution in [0, 0.1) is 19.8 Å². The standard InChI is InChI=1S/C22H26ClNO3/c1-14-6-7-15(2)18(11-14)21(19-12-17(23)8-9-20(19)27-3)24-10-4-5-16(13-24)22(25)26/h6-9,11-12,16,21H,4-5,10,13H2,1-3H3,(H,25,26). The summed E-state index contributed by atoms with van der Waals surface area (Å²) in [5.41, 5.74) is 4.49. The minimum Gasteiger partial charge on any atom is -0.496 e. The first-order valence-electron chi connectivity index (χ1n) is 9.28. The molecule has 1 aliphatic rings. The Morgan fingerprint density at radius 1 is 1.22 bits per heavy atom. The highest BCUT2D eigenvalue weighted by Crippen LogP contribution is 2.39. The van der Waals surface area contributed by atoms with Gasteiger partial charge in [0.25, 0.3) is 0 Å². The van der Waals surface area contributed by atoms with Crippen molar-refractivity contribution in [2.24, 2.45) is 5.92 Å². The topological polar surface area (TPSA) is 49.8 Å². The quantitative estimate of drug-likeness (QED) is 0.796. The van der Waals surface area contributed by atoms with E-state index in [1.54, 1.807) is 7.11 Å². The number of methoxy groups -OCH3 is 1. The van der Waals surface area contributed by atoms with E-state index in [0.29, 0.717) is 11.6 Å². The summed E-state index contributed by atoms with van der Waals surface area (Å²) in [5.74, 6) is -0.309. The summed E-state index contributed by atoms with van der Waals surface area (Å²) in [5, 5.41) is 10.2. The number of hydrogen-bond acceptors (Lipinski definition) is 3. The van der Waals surface area contributed by atoms with E-state index < -0.39 is 5.97 Å². The molecule has 2 unspecified atom stereocenters. The van der Waals surface area contributed by atoms with E-state index in [4.69, 9.17) is 16.3 Å². The van der Waals surface area contributed by atoms with E-state index in [2.05, 4.69) is 36.9 Å². The van der Waals surface area contributed by atoms with Gasteiger partial charge >= 0.3 is 5.97 Å². The Labute approximate surface area is 165 Å². The largest absolute Gasteiger partial charge is 0.496 e. The number of benzene rings is 2. The van der Waals surface area contributed by atoms with Gasteiger partial charge in [0.15, 0.2) is 0 Å². The van der Waals surface area contributed by atoms with Gasteiger partial charge in [-0.3, -0.25) is 9.69 Å². The molecule has 0 bridgehead atoms. The number of ether oxygens (including phenoxy) is 1. The molecular formula is C22H26ClNO3. The molecule has 4 nitrogen and oxygen atoms in total. The Hall–Kier alpha value is -2.04. The van der Waals surface area contributed by atoms with Gasteiger partial charge < -0.3 is 9.84 Å². The summed E-state index contributed by atoms with van der Waals surface area (Å²) in [6, 6.07) is 12.0. The minimum absolute atomic E-state index is 0.0966. The highest BCUT2D eigenvalue weighted by Gasteiger charge is 2.33. The van der Waals surface area contributed by atoms with Gasteiger partial charge in [-0.15, -0.1) is 0 Å². The number of carboxylic acid groups (broad SMARTS) is 1. The molecule has 2 aromatic carbocycles. The molecule has 1 N–H and O–H groups in total. The molecule has 27 heavy (non-hydrogen) atoms. The monoisotopic (exact) mass is 387 g/mol. The van der Waals surface area contributed by atoms with Crippen LogP contribution in [0.3, 0.4) is 0 Å². The van der Waals surface area contributed by atoms with E-state index in [-0.39, 0.29) is 12.0 Å². The lowest BCUT2D eigenvalue weighted by Gasteiger charge is -2.38. The number of nitrogens with zero attached hydrogens (tertiary/aromatic N) is 1. The van der Waals surface area contributed by atoms with Gasteiger partial charge in [0.1, 0.15) is 5.75 Å². The summed E-state index contributed by atoms with van der Waals surface area (Å²) < 4.78 is 5.64. The molecule has 144 valence electrons. The Morgan fingerprint density at radius 2 is 2.00 bits per heavy atom. The number of carboxylic acids is 1. The van der Waals surface area contributed by atoms with Crippen molar-refractivity contribution in [3.05, 3.63) is 63.7 Å². The third-order valence-corrected chi connectivity index (χ3v) is 5.62. The van der Waals surface area contributed by atoms with Crippen LogP contribution in [0.15, 0.2) is 36.4 Å². The van der Waals surface area contributed by atoms with Crippen LogP contribution in [0.1, 0.15) is 41.1 Å². The number of hydrogen-bond donors (Lipinski definition) is 1. The summed E-state index contributed by atoms with van der Waals surface area (Å²) in [4.78, 5) is 13.9. The Kier molecular flexibility index (Phi) is 6.08. The minimum atomic E-state index is -0.725. The molecule has 2 aromatic rings. The van der Waals surface area contributed by atoms with Crippen molar-refractivity contribution in [1.29, 1.82) is 0 Å². The number of aryl methyl sites for hydroxylation is 2. The van der Waals surface area contributed by atoms with Crippen molar-refractivity contribution in [2.75, 3.05) is 20.2 Å². The molecule has 1 fully saturated rings. The van der Waals surface area contributed by atoms with E-state index in [0.717, 1.165) is 30.7 Å². The van der Waals surface area contributed by atoms with Crippen LogP contribution in [-0.2, 0) is 4.79 Å². The Morgan fingerprint density at radius 3 is 2.70 bits per heavy atom. The Bertz CT molecular complexity index is 836. The molecule has 1 aliphatic heterocycles. The molecule has 2 atom stereocenters. The second kappa shape index (κ2) is 8.32. The van der Waals surface area contributed by atoms with E-state index in [1.807, 2.05) is 18.2 Å². The molecule has 0 spiro atoms. The van der Waals surface area contributed by atoms with E-state index >= 15 is 0 Å². The van der Waals surface area contributed by atoms with Gasteiger partial charge in [-0.1, -0.05) is 35.4 Å². The summed E-state index contributed by atoms with van der Waals surface area (Å²) in [6.07, 6.45) is 1.58. The van der Waals surface area contributed by atoms with Crippen LogP contribution in [-0.4, -0.2) is 36.2 Å². The van der Waals surface area contributed by atoms with Crippen molar-refractivity contribution in [3.63, 3.8) is 0 Å². The first kappa shape index (κ1) is 19.7. The van der Waals surface area contributed by atoms with Gasteiger partial charge in [-0.25, -0.2) is 0 Å². The van der Waals surface area contributed by atoms with Crippen LogP contribution in [0.2, 0.25) is 5.02 Å².